The molecule has 1 aromatic rings. The fourth-order valence-corrected chi connectivity index (χ4v) is 1.76. The van der Waals surface area contributed by atoms with E-state index in [1.165, 1.54) is 26.2 Å². The lowest BCUT2D eigenvalue weighted by molar-refractivity contribution is 0.101. The largest absolute Gasteiger partial charge is 0.398 e. The third-order valence-electron chi connectivity index (χ3n) is 2.79. The number of nitrogens with two attached hydrogens (primary N) is 1. The number of nitrogen functional groups attached to an aromatic ring is 1. The first kappa shape index (κ1) is 13.6. The molecular weight excluding hydrogens is 212 g/mol. The highest BCUT2D eigenvalue weighted by Crippen LogP contribution is 2.18. The van der Waals surface area contributed by atoms with Crippen molar-refractivity contribution < 1.29 is 4.79 Å². The van der Waals surface area contributed by atoms with Gasteiger partial charge in [0.2, 0.25) is 0 Å². The smallest absolute Gasteiger partial charge is 0.161 e. The molecule has 0 aliphatic heterocycles. The summed E-state index contributed by atoms with van der Waals surface area (Å²) in [5.41, 5.74) is 7.86. The number of nitrogens with one attached hydrogen (secondary N) is 1. The number of benzene rings is 1. The van der Waals surface area contributed by atoms with Gasteiger partial charge in [-0.3, -0.25) is 4.79 Å². The molecule has 0 radical (unpaired) electrons. The number of hydrogen-bond donors (Lipinski definition) is 2. The Morgan fingerprint density at radius 3 is 2.71 bits per heavy atom. The molecule has 17 heavy (non-hydrogen) atoms. The van der Waals surface area contributed by atoms with Gasteiger partial charge in [-0.25, -0.2) is 0 Å². The summed E-state index contributed by atoms with van der Waals surface area (Å²) in [6.45, 7) is 4.69. The lowest BCUT2D eigenvalue weighted by atomic mass is 10.1. The van der Waals surface area contributed by atoms with Gasteiger partial charge >= 0.3 is 0 Å². The highest BCUT2D eigenvalue weighted by Gasteiger charge is 2.05. The normalized spacial score (nSPS) is 10.2. The number of anilines is 2. The third-order valence-corrected chi connectivity index (χ3v) is 2.79. The number of unbranched alkanes of at least 4 members (excludes halogenated alkanes) is 3. The number of rotatable bonds is 7. The molecule has 0 bridgehead atoms. The van der Waals surface area contributed by atoms with E-state index >= 15 is 0 Å². The Morgan fingerprint density at radius 1 is 1.29 bits per heavy atom. The molecule has 0 fully saturated rings. The lowest BCUT2D eigenvalue weighted by Gasteiger charge is -2.09. The maximum Gasteiger partial charge on any atom is 0.161 e. The van der Waals surface area contributed by atoms with Crippen LogP contribution >= 0.6 is 0 Å². The van der Waals surface area contributed by atoms with Gasteiger partial charge in [0.1, 0.15) is 0 Å². The van der Waals surface area contributed by atoms with Crippen LogP contribution in [0.1, 0.15) is 49.9 Å². The van der Waals surface area contributed by atoms with Crippen LogP contribution in [0, 0.1) is 0 Å². The summed E-state index contributed by atoms with van der Waals surface area (Å²) in [6.07, 6.45) is 4.93. The van der Waals surface area contributed by atoms with Gasteiger partial charge in [0.15, 0.2) is 5.78 Å². The average molecular weight is 234 g/mol. The Balaban J connectivity index is 2.49. The van der Waals surface area contributed by atoms with Gasteiger partial charge in [0.05, 0.1) is 0 Å². The first-order chi connectivity index (χ1) is 8.15. The van der Waals surface area contributed by atoms with Gasteiger partial charge in [0.25, 0.3) is 0 Å². The van der Waals surface area contributed by atoms with Crippen LogP contribution in [0.15, 0.2) is 18.2 Å². The molecule has 0 saturated carbocycles. The van der Waals surface area contributed by atoms with Crippen LogP contribution in [0.25, 0.3) is 0 Å². The summed E-state index contributed by atoms with van der Waals surface area (Å²) in [6, 6.07) is 5.53. The first-order valence-electron chi connectivity index (χ1n) is 6.29. The van der Waals surface area contributed by atoms with Crippen molar-refractivity contribution in [1.29, 1.82) is 0 Å². The van der Waals surface area contributed by atoms with Crippen molar-refractivity contribution in [2.24, 2.45) is 0 Å². The Kier molecular flexibility index (Phi) is 5.53. The topological polar surface area (TPSA) is 55.1 Å². The van der Waals surface area contributed by atoms with Gasteiger partial charge in [-0.05, 0) is 31.5 Å². The predicted octanol–water partition coefficient (Wildman–Crippen LogP) is 3.46. The molecule has 3 nitrogen and oxygen atoms in total. The van der Waals surface area contributed by atoms with E-state index in [9.17, 15) is 4.79 Å². The molecule has 3 heteroatoms. The molecule has 0 aliphatic rings. The summed E-state index contributed by atoms with van der Waals surface area (Å²) in [5, 5.41) is 3.32. The zero-order valence-electron chi connectivity index (χ0n) is 10.8. The minimum absolute atomic E-state index is 0.0112. The Morgan fingerprint density at radius 2 is 2.06 bits per heavy atom. The minimum atomic E-state index is 0.0112. The standard InChI is InChI=1S/C14H22N2O/c1-3-4-5-6-9-16-12-7-8-14(15)13(10-12)11(2)17/h7-8,10,16H,3-6,9,15H2,1-2H3. The van der Waals surface area contributed by atoms with E-state index in [0.717, 1.165) is 18.7 Å². The van der Waals surface area contributed by atoms with Gasteiger partial charge in [-0.1, -0.05) is 26.2 Å². The molecule has 0 saturated heterocycles. The highest BCUT2D eigenvalue weighted by molar-refractivity contribution is 5.99. The van der Waals surface area contributed by atoms with E-state index in [0.29, 0.717) is 11.3 Å². The second-order valence-electron chi connectivity index (χ2n) is 4.35. The maximum atomic E-state index is 11.3. The monoisotopic (exact) mass is 234 g/mol. The zero-order chi connectivity index (χ0) is 12.7. The van der Waals surface area contributed by atoms with Crippen LogP contribution in [-0.4, -0.2) is 12.3 Å². The SMILES string of the molecule is CCCCCCNc1ccc(N)c(C(C)=O)c1. The number of Topliss-reactive ketones (excluding diaryl/α,β-unsaturated/α-hetero) is 1. The second-order valence-corrected chi connectivity index (χ2v) is 4.35. The Hall–Kier alpha value is -1.51. The Labute approximate surface area is 103 Å². The molecule has 3 N–H and O–H groups in total. The molecule has 94 valence electrons. The molecule has 0 aliphatic carbocycles. The van der Waals surface area contributed by atoms with Crippen molar-refractivity contribution in [2.75, 3.05) is 17.6 Å². The van der Waals surface area contributed by atoms with Gasteiger partial charge in [-0.2, -0.15) is 0 Å². The van der Waals surface area contributed by atoms with Crippen LogP contribution in [0.5, 0.6) is 0 Å². The quantitative estimate of drug-likeness (QED) is 0.431. The number of ketones is 1. The van der Waals surface area contributed by atoms with Crippen molar-refractivity contribution in [3.05, 3.63) is 23.8 Å². The summed E-state index contributed by atoms with van der Waals surface area (Å²) in [7, 11) is 0. The van der Waals surface area contributed by atoms with E-state index in [1.54, 1.807) is 6.07 Å². The van der Waals surface area contributed by atoms with Crippen molar-refractivity contribution >= 4 is 17.2 Å². The lowest BCUT2D eigenvalue weighted by Crippen LogP contribution is -2.05. The summed E-state index contributed by atoms with van der Waals surface area (Å²) in [4.78, 5) is 11.3. The van der Waals surface area contributed by atoms with Crippen molar-refractivity contribution in [3.8, 4) is 0 Å². The average Bonchev–Trinajstić information content (AvgIpc) is 2.30. The Bertz CT molecular complexity index is 374. The molecule has 0 unspecified atom stereocenters. The maximum absolute atomic E-state index is 11.3. The molecule has 1 aromatic carbocycles. The minimum Gasteiger partial charge on any atom is -0.398 e. The van der Waals surface area contributed by atoms with Crippen LogP contribution in [-0.2, 0) is 0 Å². The van der Waals surface area contributed by atoms with Gasteiger partial charge in [-0.15, -0.1) is 0 Å². The summed E-state index contributed by atoms with van der Waals surface area (Å²) in [5.74, 6) is 0.0112. The van der Waals surface area contributed by atoms with Crippen LogP contribution in [0.3, 0.4) is 0 Å². The zero-order valence-corrected chi connectivity index (χ0v) is 10.8. The van der Waals surface area contributed by atoms with Gasteiger partial charge in [0, 0.05) is 23.5 Å². The molecule has 1 rings (SSSR count). The molecule has 0 atom stereocenters. The van der Waals surface area contributed by atoms with E-state index < -0.39 is 0 Å². The fraction of sp³-hybridized carbons (Fsp3) is 0.500. The fourth-order valence-electron chi connectivity index (χ4n) is 1.76. The summed E-state index contributed by atoms with van der Waals surface area (Å²) < 4.78 is 0. The highest BCUT2D eigenvalue weighted by atomic mass is 16.1. The number of hydrogen-bond acceptors (Lipinski definition) is 3. The van der Waals surface area contributed by atoms with Crippen molar-refractivity contribution in [2.45, 2.75) is 39.5 Å². The van der Waals surface area contributed by atoms with Crippen molar-refractivity contribution in [3.63, 3.8) is 0 Å². The van der Waals surface area contributed by atoms with Crippen LogP contribution in [0.4, 0.5) is 11.4 Å². The predicted molar refractivity (Wildman–Crippen MR) is 73.5 cm³/mol. The van der Waals surface area contributed by atoms with E-state index in [1.807, 2.05) is 12.1 Å². The molecule has 0 heterocycles. The first-order valence-corrected chi connectivity index (χ1v) is 6.29. The van der Waals surface area contributed by atoms with Crippen LogP contribution in [0.2, 0.25) is 0 Å². The van der Waals surface area contributed by atoms with Crippen molar-refractivity contribution in [1.82, 2.24) is 0 Å². The molecule has 0 aromatic heterocycles. The third kappa shape index (κ3) is 4.47. The van der Waals surface area contributed by atoms with E-state index in [-0.39, 0.29) is 5.78 Å². The van der Waals surface area contributed by atoms with E-state index in [2.05, 4.69) is 12.2 Å². The van der Waals surface area contributed by atoms with Gasteiger partial charge < -0.3 is 11.1 Å². The van der Waals surface area contributed by atoms with Crippen LogP contribution < -0.4 is 11.1 Å². The second kappa shape index (κ2) is 6.94. The molecular formula is C14H22N2O. The molecule has 0 amide bonds. The summed E-state index contributed by atoms with van der Waals surface area (Å²) >= 11 is 0. The number of carbonyl (C=O) groups is 1. The number of carbonyl (C=O) groups excluding carboxylic acids is 1. The van der Waals surface area contributed by atoms with E-state index in [4.69, 9.17) is 5.73 Å². The molecule has 0 spiro atoms.